The summed E-state index contributed by atoms with van der Waals surface area (Å²) >= 11 is 0. The number of carbonyl (C=O) groups is 4. The molecule has 0 aliphatic heterocycles. The molecule has 0 heterocycles. The normalized spacial score (nSPS) is 10.4. The zero-order chi connectivity index (χ0) is 20.7. The molecule has 28 heavy (non-hydrogen) atoms. The van der Waals surface area contributed by atoms with E-state index >= 15 is 0 Å². The summed E-state index contributed by atoms with van der Waals surface area (Å²) in [5, 5.41) is 0. The molecule has 2 rings (SSSR count). The molecule has 7 heteroatoms. The number of esters is 3. The van der Waals surface area contributed by atoms with Crippen LogP contribution >= 0.6 is 0 Å². The standard InChI is InChI=1S/C21H18O7/c1-13(22)26-18-7-4-16(5-8-18)6-9-21(25)17-10-19(27-14(2)23)12-20(11-17)28-15(3)24/h4-12H,1-3H3/b9-6+. The van der Waals surface area contributed by atoms with Crippen LogP contribution in [0.15, 0.2) is 48.5 Å². The van der Waals surface area contributed by atoms with Gasteiger partial charge in [-0.15, -0.1) is 0 Å². The zero-order valence-electron chi connectivity index (χ0n) is 15.6. The first-order valence-electron chi connectivity index (χ1n) is 8.26. The lowest BCUT2D eigenvalue weighted by Gasteiger charge is -2.07. The molecule has 0 aromatic heterocycles. The van der Waals surface area contributed by atoms with Gasteiger partial charge in [-0.25, -0.2) is 0 Å². The van der Waals surface area contributed by atoms with Crippen molar-refractivity contribution >= 4 is 29.8 Å². The summed E-state index contributed by atoms with van der Waals surface area (Å²) in [6, 6.07) is 10.7. The van der Waals surface area contributed by atoms with Crippen molar-refractivity contribution in [3.63, 3.8) is 0 Å². The predicted octanol–water partition coefficient (Wildman–Crippen LogP) is 3.36. The molecule has 0 fully saturated rings. The van der Waals surface area contributed by atoms with Crippen molar-refractivity contribution < 1.29 is 33.4 Å². The smallest absolute Gasteiger partial charge is 0.308 e. The van der Waals surface area contributed by atoms with E-state index < -0.39 is 17.9 Å². The van der Waals surface area contributed by atoms with Gasteiger partial charge in [-0.2, -0.15) is 0 Å². The third-order valence-corrected chi connectivity index (χ3v) is 3.26. The van der Waals surface area contributed by atoms with E-state index in [1.807, 2.05) is 0 Å². The maximum absolute atomic E-state index is 12.5. The maximum Gasteiger partial charge on any atom is 0.308 e. The highest BCUT2D eigenvalue weighted by Gasteiger charge is 2.11. The number of benzene rings is 2. The first-order valence-corrected chi connectivity index (χ1v) is 8.26. The Kier molecular flexibility index (Phi) is 6.81. The molecular formula is C21H18O7. The van der Waals surface area contributed by atoms with Crippen molar-refractivity contribution in [2.45, 2.75) is 20.8 Å². The van der Waals surface area contributed by atoms with E-state index in [4.69, 9.17) is 14.2 Å². The Morgan fingerprint density at radius 1 is 0.679 bits per heavy atom. The Balaban J connectivity index is 2.21. The van der Waals surface area contributed by atoms with Crippen LogP contribution in [0.4, 0.5) is 0 Å². The molecule has 0 amide bonds. The average molecular weight is 382 g/mol. The highest BCUT2D eigenvalue weighted by Crippen LogP contribution is 2.24. The Morgan fingerprint density at radius 3 is 1.61 bits per heavy atom. The fourth-order valence-corrected chi connectivity index (χ4v) is 2.24. The second kappa shape index (κ2) is 9.27. The molecule has 0 saturated heterocycles. The van der Waals surface area contributed by atoms with Crippen molar-refractivity contribution in [2.24, 2.45) is 0 Å². The monoisotopic (exact) mass is 382 g/mol. The molecule has 0 spiro atoms. The van der Waals surface area contributed by atoms with E-state index in [0.29, 0.717) is 11.3 Å². The molecule has 2 aromatic carbocycles. The van der Waals surface area contributed by atoms with Crippen LogP contribution in [0.2, 0.25) is 0 Å². The highest BCUT2D eigenvalue weighted by atomic mass is 16.5. The summed E-state index contributed by atoms with van der Waals surface area (Å²) in [5.41, 5.74) is 0.892. The molecule has 2 aromatic rings. The Bertz CT molecular complexity index is 905. The summed E-state index contributed by atoms with van der Waals surface area (Å²) in [4.78, 5) is 45.7. The second-order valence-corrected chi connectivity index (χ2v) is 5.74. The van der Waals surface area contributed by atoms with Crippen LogP contribution in [0, 0.1) is 0 Å². The number of carbonyl (C=O) groups excluding carboxylic acids is 4. The predicted molar refractivity (Wildman–Crippen MR) is 100 cm³/mol. The fraction of sp³-hybridized carbons (Fsp3) is 0.143. The SMILES string of the molecule is CC(=O)Oc1ccc(/C=C/C(=O)c2cc(OC(C)=O)cc(OC(C)=O)c2)cc1. The van der Waals surface area contributed by atoms with Crippen LogP contribution in [0.3, 0.4) is 0 Å². The zero-order valence-corrected chi connectivity index (χ0v) is 15.6. The van der Waals surface area contributed by atoms with Crippen LogP contribution in [0.25, 0.3) is 6.08 Å². The Morgan fingerprint density at radius 2 is 1.14 bits per heavy atom. The molecule has 0 aliphatic carbocycles. The minimum absolute atomic E-state index is 0.0914. The minimum atomic E-state index is -0.568. The summed E-state index contributed by atoms with van der Waals surface area (Å²) in [5.74, 6) is -1.36. The van der Waals surface area contributed by atoms with E-state index in [2.05, 4.69) is 0 Å². The molecule has 7 nitrogen and oxygen atoms in total. The molecule has 0 saturated carbocycles. The molecule has 0 N–H and O–H groups in total. The molecule has 0 atom stereocenters. The van der Waals surface area contributed by atoms with E-state index in [0.717, 1.165) is 0 Å². The van der Waals surface area contributed by atoms with Crippen molar-refractivity contribution in [3.05, 3.63) is 59.7 Å². The number of hydrogen-bond acceptors (Lipinski definition) is 7. The maximum atomic E-state index is 12.5. The number of ether oxygens (including phenoxy) is 3. The summed E-state index contributed by atoms with van der Waals surface area (Å²) in [6.07, 6.45) is 2.90. The van der Waals surface area contributed by atoms with Gasteiger partial charge in [-0.1, -0.05) is 18.2 Å². The van der Waals surface area contributed by atoms with Gasteiger partial charge >= 0.3 is 17.9 Å². The quantitative estimate of drug-likeness (QED) is 0.327. The van der Waals surface area contributed by atoms with Gasteiger partial charge in [0.25, 0.3) is 0 Å². The van der Waals surface area contributed by atoms with Crippen molar-refractivity contribution in [1.29, 1.82) is 0 Å². The van der Waals surface area contributed by atoms with Crippen LogP contribution in [-0.4, -0.2) is 23.7 Å². The molecule has 144 valence electrons. The first-order chi connectivity index (χ1) is 13.2. The van der Waals surface area contributed by atoms with Crippen molar-refractivity contribution in [2.75, 3.05) is 0 Å². The van der Waals surface area contributed by atoms with Gasteiger partial charge in [0.1, 0.15) is 17.2 Å². The fourth-order valence-electron chi connectivity index (χ4n) is 2.24. The number of ketones is 1. The third-order valence-electron chi connectivity index (χ3n) is 3.26. The summed E-state index contributed by atoms with van der Waals surface area (Å²) in [7, 11) is 0. The van der Waals surface area contributed by atoms with E-state index in [1.54, 1.807) is 30.3 Å². The number of rotatable bonds is 6. The van der Waals surface area contributed by atoms with Crippen LogP contribution in [-0.2, 0) is 14.4 Å². The van der Waals surface area contributed by atoms with Gasteiger partial charge in [-0.3, -0.25) is 19.2 Å². The molecule has 0 bridgehead atoms. The third kappa shape index (κ3) is 6.53. The minimum Gasteiger partial charge on any atom is -0.427 e. The van der Waals surface area contributed by atoms with Crippen LogP contribution in [0.1, 0.15) is 36.7 Å². The van der Waals surface area contributed by atoms with Gasteiger partial charge < -0.3 is 14.2 Å². The van der Waals surface area contributed by atoms with Gasteiger partial charge in [0.2, 0.25) is 0 Å². The van der Waals surface area contributed by atoms with E-state index in [1.165, 1.54) is 45.0 Å². The number of allylic oxidation sites excluding steroid dienone is 1. The van der Waals surface area contributed by atoms with Gasteiger partial charge in [0.05, 0.1) is 0 Å². The van der Waals surface area contributed by atoms with Crippen LogP contribution in [0.5, 0.6) is 17.2 Å². The van der Waals surface area contributed by atoms with Gasteiger partial charge in [0, 0.05) is 32.4 Å². The number of hydrogen-bond donors (Lipinski definition) is 0. The molecule has 0 radical (unpaired) electrons. The summed E-state index contributed by atoms with van der Waals surface area (Å²) in [6.45, 7) is 3.75. The topological polar surface area (TPSA) is 96.0 Å². The van der Waals surface area contributed by atoms with E-state index in [-0.39, 0.29) is 22.8 Å². The highest BCUT2D eigenvalue weighted by molar-refractivity contribution is 6.07. The lowest BCUT2D eigenvalue weighted by Crippen LogP contribution is -2.06. The van der Waals surface area contributed by atoms with Crippen molar-refractivity contribution in [1.82, 2.24) is 0 Å². The van der Waals surface area contributed by atoms with Crippen LogP contribution < -0.4 is 14.2 Å². The Labute approximate surface area is 161 Å². The van der Waals surface area contributed by atoms with Gasteiger partial charge in [0.15, 0.2) is 5.78 Å². The molecule has 0 aliphatic rings. The lowest BCUT2D eigenvalue weighted by atomic mass is 10.1. The van der Waals surface area contributed by atoms with E-state index in [9.17, 15) is 19.2 Å². The molecular weight excluding hydrogens is 364 g/mol. The van der Waals surface area contributed by atoms with Crippen molar-refractivity contribution in [3.8, 4) is 17.2 Å². The average Bonchev–Trinajstić information content (AvgIpc) is 2.59. The molecule has 0 unspecified atom stereocenters. The Hall–Kier alpha value is -3.74. The second-order valence-electron chi connectivity index (χ2n) is 5.74. The van der Waals surface area contributed by atoms with Gasteiger partial charge in [-0.05, 0) is 35.9 Å². The largest absolute Gasteiger partial charge is 0.427 e. The first kappa shape index (κ1) is 20.6. The summed E-state index contributed by atoms with van der Waals surface area (Å²) < 4.78 is 14.9. The lowest BCUT2D eigenvalue weighted by molar-refractivity contribution is -0.133.